The second-order valence-electron chi connectivity index (χ2n) is 4.37. The third kappa shape index (κ3) is 3.25. The van der Waals surface area contributed by atoms with Crippen molar-refractivity contribution >= 4 is 6.29 Å². The van der Waals surface area contributed by atoms with Crippen LogP contribution in [0.3, 0.4) is 0 Å². The van der Waals surface area contributed by atoms with E-state index in [1.165, 1.54) is 0 Å². The van der Waals surface area contributed by atoms with Crippen LogP contribution >= 0.6 is 0 Å². The summed E-state index contributed by atoms with van der Waals surface area (Å²) in [6.45, 7) is 1.42. The van der Waals surface area contributed by atoms with Crippen molar-refractivity contribution in [3.63, 3.8) is 0 Å². The molecule has 0 aromatic rings. The number of hydrogen-bond acceptors (Lipinski definition) is 7. The molecule has 0 aromatic carbocycles. The fourth-order valence-electron chi connectivity index (χ4n) is 1.87. The molecule has 0 amide bonds. The van der Waals surface area contributed by atoms with Gasteiger partial charge >= 0.3 is 0 Å². The summed E-state index contributed by atoms with van der Waals surface area (Å²) in [6.07, 6.45) is -4.51. The summed E-state index contributed by atoms with van der Waals surface area (Å²) < 4.78 is 10.5. The fourth-order valence-corrected chi connectivity index (χ4v) is 1.87. The fraction of sp³-hybridized carbons (Fsp3) is 0.909. The van der Waals surface area contributed by atoms with Gasteiger partial charge in [0.25, 0.3) is 0 Å². The molecule has 1 rings (SSSR count). The Morgan fingerprint density at radius 2 is 2.22 bits per heavy atom. The highest BCUT2D eigenvalue weighted by molar-refractivity contribution is 5.60. The molecular formula is C11H20O7. The van der Waals surface area contributed by atoms with E-state index in [-0.39, 0.29) is 13.0 Å². The lowest BCUT2D eigenvalue weighted by atomic mass is 9.93. The third-order valence-electron chi connectivity index (χ3n) is 2.86. The van der Waals surface area contributed by atoms with Gasteiger partial charge in [0.05, 0.1) is 19.3 Å². The maximum absolute atomic E-state index is 11.1. The quantitative estimate of drug-likeness (QED) is 0.417. The summed E-state index contributed by atoms with van der Waals surface area (Å²) >= 11 is 0. The van der Waals surface area contributed by atoms with Gasteiger partial charge in [-0.25, -0.2) is 0 Å². The van der Waals surface area contributed by atoms with Gasteiger partial charge < -0.3 is 29.9 Å². The van der Waals surface area contributed by atoms with Gasteiger partial charge in [-0.2, -0.15) is 0 Å². The van der Waals surface area contributed by atoms with Crippen molar-refractivity contribution in [1.29, 1.82) is 0 Å². The molecule has 1 fully saturated rings. The van der Waals surface area contributed by atoms with E-state index in [1.807, 2.05) is 6.92 Å². The van der Waals surface area contributed by atoms with E-state index in [4.69, 9.17) is 14.6 Å². The van der Waals surface area contributed by atoms with Crippen LogP contribution in [-0.4, -0.2) is 70.1 Å². The minimum atomic E-state index is -1.69. The van der Waals surface area contributed by atoms with E-state index in [0.29, 0.717) is 12.7 Å². The number of carbonyl (C=O) groups excluding carboxylic acids is 1. The number of aldehydes is 1. The Hall–Kier alpha value is -0.570. The van der Waals surface area contributed by atoms with Gasteiger partial charge in [-0.3, -0.25) is 4.79 Å². The normalized spacial score (nSPS) is 38.4. The lowest BCUT2D eigenvalue weighted by Gasteiger charge is -2.43. The minimum absolute atomic E-state index is 0.216. The monoisotopic (exact) mass is 264 g/mol. The van der Waals surface area contributed by atoms with Crippen LogP contribution in [0.25, 0.3) is 0 Å². The van der Waals surface area contributed by atoms with Crippen LogP contribution in [0.2, 0.25) is 0 Å². The largest absolute Gasteiger partial charge is 0.394 e. The molecule has 0 spiro atoms. The smallest absolute Gasteiger partial charge is 0.228 e. The molecule has 18 heavy (non-hydrogen) atoms. The van der Waals surface area contributed by atoms with E-state index in [1.54, 1.807) is 0 Å². The number of aliphatic hydroxyl groups is 4. The zero-order valence-corrected chi connectivity index (χ0v) is 10.2. The molecule has 7 nitrogen and oxygen atoms in total. The predicted molar refractivity (Wildman–Crippen MR) is 59.6 cm³/mol. The van der Waals surface area contributed by atoms with Gasteiger partial charge in [0.1, 0.15) is 18.3 Å². The highest BCUT2D eigenvalue weighted by Crippen LogP contribution is 2.30. The van der Waals surface area contributed by atoms with Crippen LogP contribution in [0.1, 0.15) is 19.8 Å². The van der Waals surface area contributed by atoms with E-state index in [2.05, 4.69) is 0 Å². The van der Waals surface area contributed by atoms with E-state index in [9.17, 15) is 20.1 Å². The number of ether oxygens (including phenoxy) is 2. The molecule has 0 unspecified atom stereocenters. The Morgan fingerprint density at radius 3 is 2.72 bits per heavy atom. The standard InChI is InChI=1S/C11H20O7/c1-2-3-17-11(6-13)4-7(14)9(16)10(18-11)8(15)5-12/h6-10,12,14-16H,2-5H2,1H3/t7-,8-,9-,10-,11-/m1/s1. The molecule has 4 N–H and O–H groups in total. The number of hydrogen-bond donors (Lipinski definition) is 4. The molecule has 1 heterocycles. The van der Waals surface area contributed by atoms with Crippen molar-refractivity contribution < 1.29 is 34.7 Å². The molecular weight excluding hydrogens is 244 g/mol. The lowest BCUT2D eigenvalue weighted by Crippen LogP contribution is -2.60. The molecule has 0 saturated carbocycles. The van der Waals surface area contributed by atoms with Gasteiger partial charge in [0.2, 0.25) is 5.79 Å². The zero-order valence-electron chi connectivity index (χ0n) is 10.2. The predicted octanol–water partition coefficient (Wildman–Crippen LogP) is -1.83. The third-order valence-corrected chi connectivity index (χ3v) is 2.86. The molecule has 5 atom stereocenters. The van der Waals surface area contributed by atoms with Crippen molar-refractivity contribution in [2.24, 2.45) is 0 Å². The Labute approximate surface area is 105 Å². The maximum Gasteiger partial charge on any atom is 0.228 e. The minimum Gasteiger partial charge on any atom is -0.394 e. The molecule has 0 bridgehead atoms. The van der Waals surface area contributed by atoms with Crippen LogP contribution in [0.15, 0.2) is 0 Å². The topological polar surface area (TPSA) is 116 Å². The number of rotatable bonds is 6. The van der Waals surface area contributed by atoms with Crippen LogP contribution < -0.4 is 0 Å². The van der Waals surface area contributed by atoms with Gasteiger partial charge in [-0.1, -0.05) is 6.92 Å². The van der Waals surface area contributed by atoms with E-state index < -0.39 is 36.8 Å². The summed E-state index contributed by atoms with van der Waals surface area (Å²) in [5.41, 5.74) is 0. The average molecular weight is 264 g/mol. The van der Waals surface area contributed by atoms with E-state index >= 15 is 0 Å². The second-order valence-corrected chi connectivity index (χ2v) is 4.37. The Bertz CT molecular complexity index is 272. The first kappa shape index (κ1) is 15.5. The van der Waals surface area contributed by atoms with Crippen LogP contribution in [0.5, 0.6) is 0 Å². The highest BCUT2D eigenvalue weighted by atomic mass is 16.7. The van der Waals surface area contributed by atoms with E-state index in [0.717, 1.165) is 0 Å². The molecule has 1 aliphatic rings. The van der Waals surface area contributed by atoms with Crippen molar-refractivity contribution in [1.82, 2.24) is 0 Å². The van der Waals surface area contributed by atoms with Gasteiger partial charge in [-0.15, -0.1) is 0 Å². The Morgan fingerprint density at radius 1 is 1.56 bits per heavy atom. The van der Waals surface area contributed by atoms with Gasteiger partial charge in [0, 0.05) is 6.42 Å². The van der Waals surface area contributed by atoms with Crippen LogP contribution in [0.4, 0.5) is 0 Å². The van der Waals surface area contributed by atoms with Crippen LogP contribution in [0, 0.1) is 0 Å². The summed E-state index contributed by atoms with van der Waals surface area (Å²) in [4.78, 5) is 11.1. The average Bonchev–Trinajstić information content (AvgIpc) is 2.39. The van der Waals surface area contributed by atoms with Gasteiger partial charge in [-0.05, 0) is 6.42 Å². The molecule has 1 aliphatic heterocycles. The second kappa shape index (κ2) is 6.55. The summed E-state index contributed by atoms with van der Waals surface area (Å²) in [6, 6.07) is 0. The Kier molecular flexibility index (Phi) is 5.64. The van der Waals surface area contributed by atoms with Gasteiger partial charge in [0.15, 0.2) is 6.29 Å². The Balaban J connectivity index is 2.84. The zero-order chi connectivity index (χ0) is 13.8. The molecule has 106 valence electrons. The first-order chi connectivity index (χ1) is 8.49. The lowest BCUT2D eigenvalue weighted by molar-refractivity contribution is -0.311. The molecule has 0 aliphatic carbocycles. The first-order valence-electron chi connectivity index (χ1n) is 5.92. The highest BCUT2D eigenvalue weighted by Gasteiger charge is 2.49. The first-order valence-corrected chi connectivity index (χ1v) is 5.92. The van der Waals surface area contributed by atoms with Crippen LogP contribution in [-0.2, 0) is 14.3 Å². The van der Waals surface area contributed by atoms with Crippen molar-refractivity contribution in [3.8, 4) is 0 Å². The molecule has 0 radical (unpaired) electrons. The molecule has 1 saturated heterocycles. The molecule has 7 heteroatoms. The SMILES string of the molecule is CCCO[C@]1(C=O)C[C@@H](O)[C@@H](O)[C@@H]([C@H](O)CO)O1. The summed E-state index contributed by atoms with van der Waals surface area (Å²) in [5, 5.41) is 37.7. The number of carbonyl (C=O) groups is 1. The summed E-state index contributed by atoms with van der Waals surface area (Å²) in [7, 11) is 0. The van der Waals surface area contributed by atoms with Crippen molar-refractivity contribution in [2.75, 3.05) is 13.2 Å². The van der Waals surface area contributed by atoms with Crippen molar-refractivity contribution in [2.45, 2.75) is 50.0 Å². The molecule has 0 aromatic heterocycles. The maximum atomic E-state index is 11.1. The van der Waals surface area contributed by atoms with Crippen molar-refractivity contribution in [3.05, 3.63) is 0 Å². The summed E-state index contributed by atoms with van der Waals surface area (Å²) in [5.74, 6) is -1.69. The number of aliphatic hydroxyl groups excluding tert-OH is 4.